The lowest BCUT2D eigenvalue weighted by atomic mass is 10.1. The first-order valence-electron chi connectivity index (χ1n) is 10.2. The van der Waals surface area contributed by atoms with Crippen molar-refractivity contribution in [2.24, 2.45) is 0 Å². The topological polar surface area (TPSA) is 68.3 Å². The standard InChI is InChI=1S/C23H24N4O2/c1-2-6-17(7-3-1)19-13-22(25-18-8-4-5-9-18)27-23(26-19)24-14-16-10-11-20-21(12-16)29-15-28-20/h1-3,6-7,10-13,18H,4-5,8-9,14-15H2,(H2,24,25,26,27). The molecule has 0 spiro atoms. The number of hydrogen-bond acceptors (Lipinski definition) is 6. The summed E-state index contributed by atoms with van der Waals surface area (Å²) in [5.41, 5.74) is 3.08. The molecule has 5 rings (SSSR count). The van der Waals surface area contributed by atoms with Gasteiger partial charge in [0.2, 0.25) is 12.7 Å². The minimum Gasteiger partial charge on any atom is -0.454 e. The second kappa shape index (κ2) is 7.99. The summed E-state index contributed by atoms with van der Waals surface area (Å²) >= 11 is 0. The molecule has 2 N–H and O–H groups in total. The minimum atomic E-state index is 0.282. The molecule has 0 bridgehead atoms. The Hall–Kier alpha value is -3.28. The lowest BCUT2D eigenvalue weighted by Gasteiger charge is -2.15. The molecule has 0 atom stereocenters. The highest BCUT2D eigenvalue weighted by Gasteiger charge is 2.17. The first-order chi connectivity index (χ1) is 14.3. The van der Waals surface area contributed by atoms with Crippen LogP contribution in [0.3, 0.4) is 0 Å². The largest absolute Gasteiger partial charge is 0.454 e. The molecule has 6 nitrogen and oxygen atoms in total. The average molecular weight is 388 g/mol. The summed E-state index contributed by atoms with van der Waals surface area (Å²) in [4.78, 5) is 9.47. The van der Waals surface area contributed by atoms with E-state index in [0.29, 0.717) is 18.5 Å². The summed E-state index contributed by atoms with van der Waals surface area (Å²) < 4.78 is 10.9. The van der Waals surface area contributed by atoms with Crippen LogP contribution in [0, 0.1) is 0 Å². The predicted molar refractivity (Wildman–Crippen MR) is 113 cm³/mol. The van der Waals surface area contributed by atoms with Gasteiger partial charge in [-0.1, -0.05) is 49.2 Å². The Kier molecular flexibility index (Phi) is 4.90. The zero-order valence-electron chi connectivity index (χ0n) is 16.2. The Balaban J connectivity index is 1.38. The summed E-state index contributed by atoms with van der Waals surface area (Å²) in [6.45, 7) is 0.891. The van der Waals surface area contributed by atoms with Crippen LogP contribution in [0.5, 0.6) is 11.5 Å². The van der Waals surface area contributed by atoms with Crippen LogP contribution in [0.15, 0.2) is 54.6 Å². The van der Waals surface area contributed by atoms with Gasteiger partial charge in [0, 0.05) is 24.2 Å². The summed E-state index contributed by atoms with van der Waals surface area (Å²) in [5, 5.41) is 6.96. The third-order valence-corrected chi connectivity index (χ3v) is 5.39. The van der Waals surface area contributed by atoms with Gasteiger partial charge in [-0.05, 0) is 30.5 Å². The highest BCUT2D eigenvalue weighted by atomic mass is 16.7. The Morgan fingerprint density at radius 2 is 1.72 bits per heavy atom. The summed E-state index contributed by atoms with van der Waals surface area (Å²) in [6, 6.07) is 18.7. The van der Waals surface area contributed by atoms with E-state index >= 15 is 0 Å². The number of benzene rings is 2. The molecular weight excluding hydrogens is 364 g/mol. The molecule has 3 aromatic rings. The number of fused-ring (bicyclic) bond motifs is 1. The number of rotatable bonds is 6. The lowest BCUT2D eigenvalue weighted by Crippen LogP contribution is -2.16. The summed E-state index contributed by atoms with van der Waals surface area (Å²) in [6.07, 6.45) is 4.96. The van der Waals surface area contributed by atoms with Gasteiger partial charge in [0.15, 0.2) is 11.5 Å². The fourth-order valence-corrected chi connectivity index (χ4v) is 3.87. The van der Waals surface area contributed by atoms with Crippen LogP contribution in [0.1, 0.15) is 31.2 Å². The molecule has 0 amide bonds. The van der Waals surface area contributed by atoms with Crippen molar-refractivity contribution in [3.63, 3.8) is 0 Å². The van der Waals surface area contributed by atoms with Crippen LogP contribution in [0.4, 0.5) is 11.8 Å². The van der Waals surface area contributed by atoms with Gasteiger partial charge in [-0.25, -0.2) is 4.98 Å². The van der Waals surface area contributed by atoms with Gasteiger partial charge in [0.1, 0.15) is 5.82 Å². The van der Waals surface area contributed by atoms with Gasteiger partial charge in [0.25, 0.3) is 0 Å². The second-order valence-corrected chi connectivity index (χ2v) is 7.49. The maximum absolute atomic E-state index is 5.47. The smallest absolute Gasteiger partial charge is 0.231 e. The van der Waals surface area contributed by atoms with E-state index in [9.17, 15) is 0 Å². The molecule has 0 radical (unpaired) electrons. The van der Waals surface area contributed by atoms with Crippen LogP contribution in [0.2, 0.25) is 0 Å². The summed E-state index contributed by atoms with van der Waals surface area (Å²) in [5.74, 6) is 3.06. The third kappa shape index (κ3) is 4.11. The van der Waals surface area contributed by atoms with E-state index in [1.807, 2.05) is 42.5 Å². The molecule has 1 aliphatic carbocycles. The van der Waals surface area contributed by atoms with Crippen molar-refractivity contribution in [3.8, 4) is 22.8 Å². The van der Waals surface area contributed by atoms with E-state index in [2.05, 4.69) is 22.8 Å². The third-order valence-electron chi connectivity index (χ3n) is 5.39. The van der Waals surface area contributed by atoms with Crippen molar-refractivity contribution in [1.82, 2.24) is 9.97 Å². The van der Waals surface area contributed by atoms with Crippen molar-refractivity contribution in [3.05, 3.63) is 60.2 Å². The Morgan fingerprint density at radius 3 is 2.59 bits per heavy atom. The number of aromatic nitrogens is 2. The monoisotopic (exact) mass is 388 g/mol. The highest BCUT2D eigenvalue weighted by molar-refractivity contribution is 5.64. The molecular formula is C23H24N4O2. The molecule has 0 unspecified atom stereocenters. The highest BCUT2D eigenvalue weighted by Crippen LogP contribution is 2.32. The van der Waals surface area contributed by atoms with Crippen LogP contribution in [-0.4, -0.2) is 22.8 Å². The lowest BCUT2D eigenvalue weighted by molar-refractivity contribution is 0.174. The average Bonchev–Trinajstić information content (AvgIpc) is 3.44. The molecule has 0 saturated heterocycles. The van der Waals surface area contributed by atoms with Crippen molar-refractivity contribution in [2.45, 2.75) is 38.3 Å². The maximum Gasteiger partial charge on any atom is 0.231 e. The normalized spacial score (nSPS) is 15.4. The number of nitrogens with one attached hydrogen (secondary N) is 2. The van der Waals surface area contributed by atoms with E-state index in [1.165, 1.54) is 25.7 Å². The maximum atomic E-state index is 5.47. The van der Waals surface area contributed by atoms with Crippen molar-refractivity contribution in [1.29, 1.82) is 0 Å². The quantitative estimate of drug-likeness (QED) is 0.630. The van der Waals surface area contributed by atoms with Gasteiger partial charge in [0.05, 0.1) is 5.69 Å². The Morgan fingerprint density at radius 1 is 0.897 bits per heavy atom. The molecule has 1 aromatic heterocycles. The van der Waals surface area contributed by atoms with Gasteiger partial charge < -0.3 is 20.1 Å². The van der Waals surface area contributed by atoms with Crippen molar-refractivity contribution in [2.75, 3.05) is 17.4 Å². The predicted octanol–water partition coefficient (Wildman–Crippen LogP) is 4.84. The SMILES string of the molecule is c1ccc(-c2cc(NC3CCCC3)nc(NCc3ccc4c(c3)OCO4)n2)cc1. The van der Waals surface area contributed by atoms with E-state index < -0.39 is 0 Å². The van der Waals surface area contributed by atoms with Crippen LogP contribution in [-0.2, 0) is 6.54 Å². The van der Waals surface area contributed by atoms with Gasteiger partial charge in [-0.3, -0.25) is 0 Å². The van der Waals surface area contributed by atoms with Crippen LogP contribution < -0.4 is 20.1 Å². The number of anilines is 2. The number of hydrogen-bond donors (Lipinski definition) is 2. The fraction of sp³-hybridized carbons (Fsp3) is 0.304. The van der Waals surface area contributed by atoms with Gasteiger partial charge in [-0.2, -0.15) is 4.98 Å². The van der Waals surface area contributed by atoms with E-state index in [1.54, 1.807) is 0 Å². The Labute approximate surface area is 170 Å². The van der Waals surface area contributed by atoms with Crippen molar-refractivity contribution < 1.29 is 9.47 Å². The molecule has 2 aromatic carbocycles. The van der Waals surface area contributed by atoms with Crippen LogP contribution >= 0.6 is 0 Å². The van der Waals surface area contributed by atoms with Crippen LogP contribution in [0.25, 0.3) is 11.3 Å². The number of nitrogens with zero attached hydrogens (tertiary/aromatic N) is 2. The van der Waals surface area contributed by atoms with E-state index in [-0.39, 0.29) is 6.79 Å². The van der Waals surface area contributed by atoms with E-state index in [0.717, 1.165) is 34.1 Å². The van der Waals surface area contributed by atoms with E-state index in [4.69, 9.17) is 19.4 Å². The second-order valence-electron chi connectivity index (χ2n) is 7.49. The molecule has 2 heterocycles. The van der Waals surface area contributed by atoms with Gasteiger partial charge >= 0.3 is 0 Å². The molecule has 1 fully saturated rings. The fourth-order valence-electron chi connectivity index (χ4n) is 3.87. The molecule has 29 heavy (non-hydrogen) atoms. The van der Waals surface area contributed by atoms with Gasteiger partial charge in [-0.15, -0.1) is 0 Å². The molecule has 6 heteroatoms. The molecule has 2 aliphatic rings. The zero-order chi connectivity index (χ0) is 19.5. The molecule has 1 saturated carbocycles. The van der Waals surface area contributed by atoms with Crippen molar-refractivity contribution >= 4 is 11.8 Å². The summed E-state index contributed by atoms with van der Waals surface area (Å²) in [7, 11) is 0. The molecule has 148 valence electrons. The Bertz CT molecular complexity index is 987. The first kappa shape index (κ1) is 17.8. The zero-order valence-corrected chi connectivity index (χ0v) is 16.2. The first-order valence-corrected chi connectivity index (χ1v) is 10.2. The molecule has 1 aliphatic heterocycles. The minimum absolute atomic E-state index is 0.282. The number of ether oxygens (including phenoxy) is 2.